The summed E-state index contributed by atoms with van der Waals surface area (Å²) in [4.78, 5) is 18.7. The highest BCUT2D eigenvalue weighted by Crippen LogP contribution is 2.37. The lowest BCUT2D eigenvalue weighted by Crippen LogP contribution is -2.13. The third-order valence-electron chi connectivity index (χ3n) is 3.25. The van der Waals surface area contributed by atoms with Crippen molar-refractivity contribution in [2.45, 2.75) is 25.3 Å². The first-order chi connectivity index (χ1) is 9.13. The lowest BCUT2D eigenvalue weighted by molar-refractivity contribution is 0.778. The van der Waals surface area contributed by atoms with Crippen LogP contribution in [0.1, 0.15) is 30.1 Å². The van der Waals surface area contributed by atoms with Gasteiger partial charge in [0, 0.05) is 31.1 Å². The fraction of sp³-hybridized carbons (Fsp3) is 0.417. The molecule has 7 heteroatoms. The lowest BCUT2D eigenvalue weighted by atomic mass is 10.3. The van der Waals surface area contributed by atoms with Crippen LogP contribution < -0.4 is 16.6 Å². The Morgan fingerprint density at radius 2 is 2.37 bits per heavy atom. The summed E-state index contributed by atoms with van der Waals surface area (Å²) < 4.78 is 1.61. The van der Waals surface area contributed by atoms with E-state index < -0.39 is 0 Å². The molecule has 0 radical (unpaired) electrons. The third-order valence-corrected chi connectivity index (χ3v) is 3.25. The van der Waals surface area contributed by atoms with E-state index in [-0.39, 0.29) is 5.56 Å². The van der Waals surface area contributed by atoms with Crippen molar-refractivity contribution in [2.75, 3.05) is 11.1 Å². The summed E-state index contributed by atoms with van der Waals surface area (Å²) >= 11 is 0. The van der Waals surface area contributed by atoms with Gasteiger partial charge in [-0.3, -0.25) is 9.48 Å². The number of rotatable bonds is 4. The minimum Gasteiger partial charge on any atom is -0.384 e. The largest absolute Gasteiger partial charge is 0.384 e. The van der Waals surface area contributed by atoms with E-state index in [0.717, 1.165) is 24.2 Å². The van der Waals surface area contributed by atoms with Gasteiger partial charge in [0.15, 0.2) is 0 Å². The van der Waals surface area contributed by atoms with Crippen molar-refractivity contribution in [1.29, 1.82) is 0 Å². The van der Waals surface area contributed by atoms with Gasteiger partial charge in [-0.2, -0.15) is 5.10 Å². The number of hydrogen-bond acceptors (Lipinski definition) is 5. The third kappa shape index (κ3) is 2.44. The number of aromatic nitrogens is 4. The Morgan fingerprint density at radius 3 is 3.00 bits per heavy atom. The Bertz CT molecular complexity index is 654. The average Bonchev–Trinajstić information content (AvgIpc) is 3.17. The summed E-state index contributed by atoms with van der Waals surface area (Å²) in [7, 11) is 1.79. The zero-order chi connectivity index (χ0) is 13.4. The molecule has 1 aliphatic carbocycles. The number of H-pyrrole nitrogens is 1. The van der Waals surface area contributed by atoms with Crippen LogP contribution in [-0.4, -0.2) is 19.7 Å². The van der Waals surface area contributed by atoms with Crippen LogP contribution in [0.25, 0.3) is 0 Å². The van der Waals surface area contributed by atoms with E-state index in [1.165, 1.54) is 6.07 Å². The summed E-state index contributed by atoms with van der Waals surface area (Å²) in [6, 6.07) is 1.46. The molecule has 1 aliphatic rings. The van der Waals surface area contributed by atoms with Crippen LogP contribution in [0.2, 0.25) is 0 Å². The number of nitrogens with one attached hydrogen (secondary N) is 2. The van der Waals surface area contributed by atoms with E-state index in [2.05, 4.69) is 20.4 Å². The van der Waals surface area contributed by atoms with Crippen molar-refractivity contribution < 1.29 is 0 Å². The quantitative estimate of drug-likeness (QED) is 0.746. The van der Waals surface area contributed by atoms with Crippen LogP contribution in [0.3, 0.4) is 0 Å². The summed E-state index contributed by atoms with van der Waals surface area (Å²) in [6.07, 6.45) is 3.90. The molecule has 4 N–H and O–H groups in total. The van der Waals surface area contributed by atoms with E-state index in [0.29, 0.717) is 24.1 Å². The highest BCUT2D eigenvalue weighted by Gasteiger charge is 2.26. The first-order valence-corrected chi connectivity index (χ1v) is 6.25. The van der Waals surface area contributed by atoms with Crippen molar-refractivity contribution in [2.24, 2.45) is 7.05 Å². The van der Waals surface area contributed by atoms with E-state index >= 15 is 0 Å². The molecule has 19 heavy (non-hydrogen) atoms. The fourth-order valence-corrected chi connectivity index (χ4v) is 1.93. The molecule has 0 saturated heterocycles. The lowest BCUT2D eigenvalue weighted by Gasteiger charge is -2.06. The zero-order valence-corrected chi connectivity index (χ0v) is 10.7. The smallest absolute Gasteiger partial charge is 0.252 e. The Kier molecular flexibility index (Phi) is 2.73. The summed E-state index contributed by atoms with van der Waals surface area (Å²) in [5, 5.41) is 7.18. The summed E-state index contributed by atoms with van der Waals surface area (Å²) in [5.74, 6) is 2.38. The molecule has 7 nitrogen and oxygen atoms in total. The highest BCUT2D eigenvalue weighted by atomic mass is 16.1. The van der Waals surface area contributed by atoms with Crippen molar-refractivity contribution in [3.63, 3.8) is 0 Å². The van der Waals surface area contributed by atoms with Gasteiger partial charge in [0.2, 0.25) is 0 Å². The number of nitrogen functional groups attached to an aromatic ring is 1. The number of nitrogens with two attached hydrogens (primary N) is 1. The minimum absolute atomic E-state index is 0.126. The first-order valence-electron chi connectivity index (χ1n) is 6.25. The van der Waals surface area contributed by atoms with Gasteiger partial charge in [0.05, 0.1) is 6.20 Å². The van der Waals surface area contributed by atoms with Crippen molar-refractivity contribution in [1.82, 2.24) is 19.7 Å². The Morgan fingerprint density at radius 1 is 1.58 bits per heavy atom. The van der Waals surface area contributed by atoms with Gasteiger partial charge in [-0.05, 0) is 12.8 Å². The molecule has 2 aromatic heterocycles. The van der Waals surface area contributed by atoms with Gasteiger partial charge >= 0.3 is 0 Å². The number of nitrogens with zero attached hydrogens (tertiary/aromatic N) is 3. The molecule has 1 saturated carbocycles. The predicted octanol–water partition coefficient (Wildman–Crippen LogP) is 0.575. The van der Waals surface area contributed by atoms with Gasteiger partial charge < -0.3 is 16.0 Å². The second-order valence-electron chi connectivity index (χ2n) is 4.82. The van der Waals surface area contributed by atoms with Gasteiger partial charge in [0.25, 0.3) is 5.56 Å². The molecule has 0 spiro atoms. The molecule has 0 aromatic carbocycles. The standard InChI is InChI=1S/C12H16N6O/c1-18-11(13)8(6-15-18)5-14-9-4-10(19)17-12(16-9)7-2-3-7/h4,6-7H,2-3,5,13H2,1H3,(H2,14,16,17,19). The van der Waals surface area contributed by atoms with Crippen LogP contribution in [0.5, 0.6) is 0 Å². The molecule has 0 bridgehead atoms. The molecule has 0 amide bonds. The molecule has 0 unspecified atom stereocenters. The van der Waals surface area contributed by atoms with Crippen LogP contribution in [0.15, 0.2) is 17.1 Å². The van der Waals surface area contributed by atoms with E-state index in [1.807, 2.05) is 0 Å². The predicted molar refractivity (Wildman–Crippen MR) is 71.8 cm³/mol. The molecular formula is C12H16N6O. The Balaban J connectivity index is 1.76. The van der Waals surface area contributed by atoms with Crippen LogP contribution in [-0.2, 0) is 13.6 Å². The number of aryl methyl sites for hydroxylation is 1. The second-order valence-corrected chi connectivity index (χ2v) is 4.82. The normalized spacial score (nSPS) is 14.6. The molecule has 100 valence electrons. The maximum Gasteiger partial charge on any atom is 0.252 e. The fourth-order valence-electron chi connectivity index (χ4n) is 1.93. The molecule has 0 atom stereocenters. The first kappa shape index (κ1) is 11.8. The topological polar surface area (TPSA) is 102 Å². The molecular weight excluding hydrogens is 244 g/mol. The van der Waals surface area contributed by atoms with Gasteiger partial charge in [-0.15, -0.1) is 0 Å². The maximum absolute atomic E-state index is 11.5. The summed E-state index contributed by atoms with van der Waals surface area (Å²) in [5.41, 5.74) is 6.62. The molecule has 2 heterocycles. The van der Waals surface area contributed by atoms with E-state index in [4.69, 9.17) is 5.73 Å². The van der Waals surface area contributed by atoms with Gasteiger partial charge in [-0.25, -0.2) is 4.98 Å². The number of aromatic amines is 1. The number of hydrogen-bond donors (Lipinski definition) is 3. The molecule has 2 aromatic rings. The Hall–Kier alpha value is -2.31. The van der Waals surface area contributed by atoms with E-state index in [9.17, 15) is 4.79 Å². The van der Waals surface area contributed by atoms with Crippen molar-refractivity contribution in [3.8, 4) is 0 Å². The summed E-state index contributed by atoms with van der Waals surface area (Å²) in [6.45, 7) is 0.500. The maximum atomic E-state index is 11.5. The zero-order valence-electron chi connectivity index (χ0n) is 10.7. The SMILES string of the molecule is Cn1ncc(CNc2cc(=O)[nH]c(C3CC3)n2)c1N. The monoisotopic (exact) mass is 260 g/mol. The molecule has 1 fully saturated rings. The van der Waals surface area contributed by atoms with Gasteiger partial charge in [0.1, 0.15) is 17.5 Å². The average molecular weight is 260 g/mol. The van der Waals surface area contributed by atoms with Crippen molar-refractivity contribution >= 4 is 11.6 Å². The molecule has 3 rings (SSSR count). The second kappa shape index (κ2) is 4.42. The minimum atomic E-state index is -0.126. The van der Waals surface area contributed by atoms with Gasteiger partial charge in [-0.1, -0.05) is 0 Å². The van der Waals surface area contributed by atoms with Crippen LogP contribution in [0.4, 0.5) is 11.6 Å². The number of anilines is 2. The molecule has 0 aliphatic heterocycles. The van der Waals surface area contributed by atoms with Crippen LogP contribution >= 0.6 is 0 Å². The van der Waals surface area contributed by atoms with Crippen molar-refractivity contribution in [3.05, 3.63) is 34.0 Å². The highest BCUT2D eigenvalue weighted by molar-refractivity contribution is 5.42. The van der Waals surface area contributed by atoms with E-state index in [1.54, 1.807) is 17.9 Å². The van der Waals surface area contributed by atoms with Crippen LogP contribution in [0, 0.1) is 0 Å². The Labute approximate surface area is 109 Å².